The van der Waals surface area contributed by atoms with Gasteiger partial charge in [0, 0.05) is 6.04 Å². The second-order valence-corrected chi connectivity index (χ2v) is 7.15. The maximum atomic E-state index is 12.6. The third-order valence-corrected chi connectivity index (χ3v) is 5.46. The summed E-state index contributed by atoms with van der Waals surface area (Å²) in [6.07, 6.45) is 2.09. The van der Waals surface area contributed by atoms with E-state index in [0.717, 1.165) is 18.4 Å². The minimum absolute atomic E-state index is 0.157. The lowest BCUT2D eigenvalue weighted by Gasteiger charge is -2.18. The monoisotopic (exact) mass is 306 g/mol. The molecule has 0 spiro atoms. The zero-order chi connectivity index (χ0) is 15.0. The Morgan fingerprint density at radius 1 is 1.24 bits per heavy atom. The summed E-state index contributed by atoms with van der Waals surface area (Å²) in [7, 11) is -3.64. The number of nitrogens with zero attached hydrogens (tertiary/aromatic N) is 1. The maximum absolute atomic E-state index is 12.6. The molecule has 2 aromatic rings. The lowest BCUT2D eigenvalue weighted by atomic mass is 10.0. The molecule has 5 nitrogen and oxygen atoms in total. The van der Waals surface area contributed by atoms with Gasteiger partial charge >= 0.3 is 0 Å². The first kappa shape index (κ1) is 14.3. The third kappa shape index (κ3) is 2.87. The molecule has 21 heavy (non-hydrogen) atoms. The fraction of sp³-hybridized carbons (Fsp3) is 0.400. The van der Waals surface area contributed by atoms with Gasteiger partial charge in [-0.25, -0.2) is 13.1 Å². The van der Waals surface area contributed by atoms with E-state index >= 15 is 0 Å². The summed E-state index contributed by atoms with van der Waals surface area (Å²) < 4.78 is 33.1. The first-order valence-electron chi connectivity index (χ1n) is 6.99. The molecule has 3 rings (SSSR count). The van der Waals surface area contributed by atoms with Crippen LogP contribution < -0.4 is 4.72 Å². The Labute approximate surface area is 124 Å². The van der Waals surface area contributed by atoms with Crippen molar-refractivity contribution in [1.82, 2.24) is 9.88 Å². The molecule has 1 heterocycles. The van der Waals surface area contributed by atoms with Crippen LogP contribution in [0.3, 0.4) is 0 Å². The van der Waals surface area contributed by atoms with Gasteiger partial charge in [-0.3, -0.25) is 0 Å². The zero-order valence-electron chi connectivity index (χ0n) is 12.0. The predicted molar refractivity (Wildman–Crippen MR) is 78.2 cm³/mol. The van der Waals surface area contributed by atoms with Crippen LogP contribution in [0.25, 0.3) is 0 Å². The van der Waals surface area contributed by atoms with Crippen LogP contribution in [0.15, 0.2) is 39.8 Å². The van der Waals surface area contributed by atoms with Crippen molar-refractivity contribution in [3.05, 3.63) is 47.3 Å². The van der Waals surface area contributed by atoms with E-state index in [1.165, 1.54) is 0 Å². The molecule has 6 heteroatoms. The lowest BCUT2D eigenvalue weighted by Crippen LogP contribution is -2.30. The summed E-state index contributed by atoms with van der Waals surface area (Å²) in [4.78, 5) is 0.157. The van der Waals surface area contributed by atoms with Gasteiger partial charge in [0.1, 0.15) is 10.6 Å². The van der Waals surface area contributed by atoms with Gasteiger partial charge in [0.05, 0.1) is 0 Å². The van der Waals surface area contributed by atoms with Crippen molar-refractivity contribution < 1.29 is 12.9 Å². The van der Waals surface area contributed by atoms with Crippen molar-refractivity contribution in [2.24, 2.45) is 5.92 Å². The average Bonchev–Trinajstić information content (AvgIpc) is 3.23. The minimum Gasteiger partial charge on any atom is -0.360 e. The Balaban J connectivity index is 1.93. The number of nitrogens with one attached hydrogen (secondary N) is 1. The second kappa shape index (κ2) is 5.27. The van der Waals surface area contributed by atoms with Crippen LogP contribution in [0.2, 0.25) is 0 Å². The molecule has 1 aromatic carbocycles. The van der Waals surface area contributed by atoms with E-state index in [1.807, 2.05) is 30.3 Å². The van der Waals surface area contributed by atoms with Crippen LogP contribution in [0.5, 0.6) is 0 Å². The highest BCUT2D eigenvalue weighted by molar-refractivity contribution is 7.89. The van der Waals surface area contributed by atoms with Crippen molar-refractivity contribution >= 4 is 10.0 Å². The topological polar surface area (TPSA) is 72.2 Å². The first-order chi connectivity index (χ1) is 9.99. The molecule has 1 atom stereocenters. The Morgan fingerprint density at radius 3 is 2.43 bits per heavy atom. The van der Waals surface area contributed by atoms with Crippen molar-refractivity contribution in [1.29, 1.82) is 0 Å². The fourth-order valence-electron chi connectivity index (χ4n) is 2.61. The van der Waals surface area contributed by atoms with Crippen LogP contribution in [-0.4, -0.2) is 13.6 Å². The van der Waals surface area contributed by atoms with Crippen molar-refractivity contribution in [2.75, 3.05) is 0 Å². The molecule has 0 aliphatic heterocycles. The van der Waals surface area contributed by atoms with Gasteiger partial charge in [0.15, 0.2) is 5.76 Å². The van der Waals surface area contributed by atoms with E-state index in [9.17, 15) is 8.42 Å². The number of benzene rings is 1. The summed E-state index contributed by atoms with van der Waals surface area (Å²) >= 11 is 0. The number of aryl methyl sites for hydroxylation is 2. The lowest BCUT2D eigenvalue weighted by molar-refractivity contribution is 0.390. The number of hydrogen-bond donors (Lipinski definition) is 1. The highest BCUT2D eigenvalue weighted by Crippen LogP contribution is 2.41. The Hall–Kier alpha value is -1.66. The molecule has 0 radical (unpaired) electrons. The molecule has 0 unspecified atom stereocenters. The van der Waals surface area contributed by atoms with E-state index in [0.29, 0.717) is 17.4 Å². The number of rotatable bonds is 5. The fourth-order valence-corrected chi connectivity index (χ4v) is 4.23. The Morgan fingerprint density at radius 2 is 1.90 bits per heavy atom. The van der Waals surface area contributed by atoms with Gasteiger partial charge < -0.3 is 4.52 Å². The molecule has 1 fully saturated rings. The maximum Gasteiger partial charge on any atom is 0.246 e. The largest absolute Gasteiger partial charge is 0.360 e. The van der Waals surface area contributed by atoms with Gasteiger partial charge in [-0.2, -0.15) is 0 Å². The SMILES string of the molecule is Cc1noc(C)c1S(=O)(=O)N[C@H](c1ccccc1)C1CC1. The molecule has 0 amide bonds. The van der Waals surface area contributed by atoms with Gasteiger partial charge in [-0.15, -0.1) is 0 Å². The molecule has 1 aliphatic carbocycles. The zero-order valence-corrected chi connectivity index (χ0v) is 12.9. The standard InChI is InChI=1S/C15H18N2O3S/c1-10-15(11(2)20-16-10)21(18,19)17-14(13-8-9-13)12-6-4-3-5-7-12/h3-7,13-14,17H,8-9H2,1-2H3/t14-/m1/s1. The van der Waals surface area contributed by atoms with Gasteiger partial charge in [0.2, 0.25) is 10.0 Å². The van der Waals surface area contributed by atoms with E-state index in [2.05, 4.69) is 9.88 Å². The molecule has 112 valence electrons. The third-order valence-electron chi connectivity index (χ3n) is 3.77. The van der Waals surface area contributed by atoms with Crippen molar-refractivity contribution in [3.63, 3.8) is 0 Å². The summed E-state index contributed by atoms with van der Waals surface area (Å²) in [5.41, 5.74) is 1.39. The van der Waals surface area contributed by atoms with Crippen LogP contribution in [0, 0.1) is 19.8 Å². The molecule has 0 bridgehead atoms. The molecule has 0 saturated heterocycles. The number of sulfonamides is 1. The Kier molecular flexibility index (Phi) is 3.59. The van der Waals surface area contributed by atoms with Gasteiger partial charge in [0.25, 0.3) is 0 Å². The average molecular weight is 306 g/mol. The first-order valence-corrected chi connectivity index (χ1v) is 8.47. The number of hydrogen-bond acceptors (Lipinski definition) is 4. The van der Waals surface area contributed by atoms with Crippen molar-refractivity contribution in [3.8, 4) is 0 Å². The normalized spacial score (nSPS) is 16.9. The predicted octanol–water partition coefficient (Wildman–Crippen LogP) is 2.72. The van der Waals surface area contributed by atoms with E-state index in [4.69, 9.17) is 4.52 Å². The molecular weight excluding hydrogens is 288 g/mol. The molecular formula is C15H18N2O3S. The second-order valence-electron chi connectivity index (χ2n) is 5.50. The molecule has 1 saturated carbocycles. The smallest absolute Gasteiger partial charge is 0.246 e. The minimum atomic E-state index is -3.64. The van der Waals surface area contributed by atoms with Crippen LogP contribution in [-0.2, 0) is 10.0 Å². The quantitative estimate of drug-likeness (QED) is 0.922. The summed E-state index contributed by atoms with van der Waals surface area (Å²) in [6, 6.07) is 9.50. The highest BCUT2D eigenvalue weighted by atomic mass is 32.2. The summed E-state index contributed by atoms with van der Waals surface area (Å²) in [5, 5.41) is 3.73. The highest BCUT2D eigenvalue weighted by Gasteiger charge is 2.36. The molecule has 1 aromatic heterocycles. The van der Waals surface area contributed by atoms with Gasteiger partial charge in [-0.1, -0.05) is 35.5 Å². The van der Waals surface area contributed by atoms with E-state index in [1.54, 1.807) is 13.8 Å². The van der Waals surface area contributed by atoms with Crippen LogP contribution in [0.1, 0.15) is 35.9 Å². The summed E-state index contributed by atoms with van der Waals surface area (Å²) in [5.74, 6) is 0.685. The van der Waals surface area contributed by atoms with Crippen LogP contribution >= 0.6 is 0 Å². The van der Waals surface area contributed by atoms with Gasteiger partial charge in [-0.05, 0) is 38.2 Å². The van der Waals surface area contributed by atoms with Crippen molar-refractivity contribution in [2.45, 2.75) is 37.6 Å². The molecule has 1 aliphatic rings. The van der Waals surface area contributed by atoms with E-state index in [-0.39, 0.29) is 10.9 Å². The molecule has 1 N–H and O–H groups in total. The summed E-state index contributed by atoms with van der Waals surface area (Å²) in [6.45, 7) is 3.25. The van der Waals surface area contributed by atoms with Crippen LogP contribution in [0.4, 0.5) is 0 Å². The Bertz CT molecular complexity index is 714. The number of aromatic nitrogens is 1. The van der Waals surface area contributed by atoms with E-state index < -0.39 is 10.0 Å².